The van der Waals surface area contributed by atoms with Gasteiger partial charge in [0.2, 0.25) is 0 Å². The molecule has 104 valence electrons. The molecular weight excluding hydrogens is 284 g/mol. The highest BCUT2D eigenvalue weighted by atomic mass is 32.1. The van der Waals surface area contributed by atoms with Crippen LogP contribution in [0.25, 0.3) is 10.2 Å². The molecule has 0 aliphatic rings. The molecule has 0 saturated carbocycles. The predicted octanol–water partition coefficient (Wildman–Crippen LogP) is 4.64. The molecule has 0 bridgehead atoms. The average Bonchev–Trinajstić information content (AvgIpc) is 3.07. The fourth-order valence-electron chi connectivity index (χ4n) is 2.44. The third kappa shape index (κ3) is 3.08. The molecule has 1 N–H and O–H groups in total. The molecule has 3 rings (SSSR count). The van der Waals surface area contributed by atoms with Crippen molar-refractivity contribution in [3.8, 4) is 0 Å². The zero-order valence-electron chi connectivity index (χ0n) is 11.7. The molecule has 2 unspecified atom stereocenters. The second-order valence-corrected chi connectivity index (χ2v) is 6.93. The molecule has 0 spiro atoms. The van der Waals surface area contributed by atoms with Crippen LogP contribution in [0.3, 0.4) is 0 Å². The highest BCUT2D eigenvalue weighted by Crippen LogP contribution is 2.23. The average molecular weight is 302 g/mol. The van der Waals surface area contributed by atoms with Crippen molar-refractivity contribution < 1.29 is 0 Å². The highest BCUT2D eigenvalue weighted by Gasteiger charge is 2.11. The van der Waals surface area contributed by atoms with Gasteiger partial charge in [0.25, 0.3) is 0 Å². The molecule has 3 aromatic rings. The van der Waals surface area contributed by atoms with Gasteiger partial charge in [0, 0.05) is 18.3 Å². The highest BCUT2D eigenvalue weighted by molar-refractivity contribution is 7.17. The first kappa shape index (κ1) is 13.7. The van der Waals surface area contributed by atoms with Gasteiger partial charge in [-0.2, -0.15) is 11.3 Å². The van der Waals surface area contributed by atoms with Crippen molar-refractivity contribution >= 4 is 32.9 Å². The first-order valence-electron chi connectivity index (χ1n) is 6.82. The SMILES string of the molecule is CC(Cc1ccsc1)NC(C)c1cnc2ccsc2c1. The van der Waals surface area contributed by atoms with Crippen molar-refractivity contribution in [1.82, 2.24) is 10.3 Å². The number of nitrogens with zero attached hydrogens (tertiary/aromatic N) is 1. The van der Waals surface area contributed by atoms with Gasteiger partial charge in [0.1, 0.15) is 0 Å². The Morgan fingerprint density at radius 3 is 2.95 bits per heavy atom. The van der Waals surface area contributed by atoms with Gasteiger partial charge in [0.15, 0.2) is 0 Å². The number of rotatable bonds is 5. The molecule has 2 nitrogen and oxygen atoms in total. The standard InChI is InChI=1S/C16H18N2S2/c1-11(7-13-3-5-19-10-13)18-12(2)14-8-16-15(17-9-14)4-6-20-16/h3-6,8-12,18H,7H2,1-2H3. The fraction of sp³-hybridized carbons (Fsp3) is 0.312. The summed E-state index contributed by atoms with van der Waals surface area (Å²) in [5.74, 6) is 0. The minimum atomic E-state index is 0.322. The van der Waals surface area contributed by atoms with Crippen LogP contribution in [0, 0.1) is 0 Å². The summed E-state index contributed by atoms with van der Waals surface area (Å²) < 4.78 is 1.27. The maximum atomic E-state index is 4.52. The molecule has 0 amide bonds. The number of hydrogen-bond acceptors (Lipinski definition) is 4. The second-order valence-electron chi connectivity index (χ2n) is 5.20. The molecule has 20 heavy (non-hydrogen) atoms. The zero-order chi connectivity index (χ0) is 13.9. The van der Waals surface area contributed by atoms with E-state index in [2.05, 4.69) is 58.5 Å². The van der Waals surface area contributed by atoms with Crippen LogP contribution < -0.4 is 5.32 Å². The van der Waals surface area contributed by atoms with Crippen LogP contribution in [0.2, 0.25) is 0 Å². The summed E-state index contributed by atoms with van der Waals surface area (Å²) in [6.45, 7) is 4.45. The first-order chi connectivity index (χ1) is 9.72. The van der Waals surface area contributed by atoms with Crippen LogP contribution in [0.1, 0.15) is 31.0 Å². The van der Waals surface area contributed by atoms with E-state index >= 15 is 0 Å². The van der Waals surface area contributed by atoms with Gasteiger partial charge < -0.3 is 5.32 Å². The molecule has 0 aliphatic heterocycles. The Labute approximate surface area is 127 Å². The Morgan fingerprint density at radius 1 is 1.25 bits per heavy atom. The lowest BCUT2D eigenvalue weighted by atomic mass is 10.1. The van der Waals surface area contributed by atoms with E-state index in [1.165, 1.54) is 15.8 Å². The van der Waals surface area contributed by atoms with Crippen molar-refractivity contribution in [3.05, 3.63) is 51.7 Å². The molecule has 4 heteroatoms. The molecule has 0 saturated heterocycles. The Balaban J connectivity index is 1.67. The van der Waals surface area contributed by atoms with Gasteiger partial charge in [-0.25, -0.2) is 0 Å². The Kier molecular flexibility index (Phi) is 4.15. The molecule has 0 fully saturated rings. The topological polar surface area (TPSA) is 24.9 Å². The number of nitrogens with one attached hydrogen (secondary N) is 1. The maximum absolute atomic E-state index is 4.52. The summed E-state index contributed by atoms with van der Waals surface area (Å²) in [6, 6.07) is 7.30. The molecule has 2 atom stereocenters. The Bertz CT molecular complexity index is 673. The van der Waals surface area contributed by atoms with Crippen LogP contribution in [0.15, 0.2) is 40.5 Å². The van der Waals surface area contributed by atoms with Gasteiger partial charge in [0.05, 0.1) is 10.2 Å². The van der Waals surface area contributed by atoms with E-state index in [0.717, 1.165) is 11.9 Å². The lowest BCUT2D eigenvalue weighted by molar-refractivity contribution is 0.477. The quantitative estimate of drug-likeness (QED) is 0.742. The summed E-state index contributed by atoms with van der Waals surface area (Å²) in [4.78, 5) is 4.52. The van der Waals surface area contributed by atoms with Gasteiger partial charge in [-0.1, -0.05) is 0 Å². The normalized spacial score (nSPS) is 14.5. The minimum Gasteiger partial charge on any atom is -0.307 e. The van der Waals surface area contributed by atoms with E-state index in [9.17, 15) is 0 Å². The van der Waals surface area contributed by atoms with Crippen molar-refractivity contribution in [2.45, 2.75) is 32.4 Å². The van der Waals surface area contributed by atoms with Crippen LogP contribution in [0.4, 0.5) is 0 Å². The first-order valence-corrected chi connectivity index (χ1v) is 8.65. The molecule has 3 aromatic heterocycles. The zero-order valence-corrected chi connectivity index (χ0v) is 13.3. The number of pyridine rings is 1. The van der Waals surface area contributed by atoms with Crippen molar-refractivity contribution in [2.24, 2.45) is 0 Å². The van der Waals surface area contributed by atoms with Gasteiger partial charge in [-0.05, 0) is 65.7 Å². The Morgan fingerprint density at radius 2 is 2.15 bits per heavy atom. The number of thiophene rings is 2. The van der Waals surface area contributed by atoms with E-state index in [1.807, 2.05) is 6.20 Å². The van der Waals surface area contributed by atoms with Crippen LogP contribution in [-0.4, -0.2) is 11.0 Å². The number of fused-ring (bicyclic) bond motifs is 1. The maximum Gasteiger partial charge on any atom is 0.0809 e. The van der Waals surface area contributed by atoms with Gasteiger partial charge in [-0.3, -0.25) is 4.98 Å². The number of hydrogen-bond donors (Lipinski definition) is 1. The van der Waals surface area contributed by atoms with E-state index in [1.54, 1.807) is 22.7 Å². The summed E-state index contributed by atoms with van der Waals surface area (Å²) in [7, 11) is 0. The second kappa shape index (κ2) is 6.04. The Hall–Kier alpha value is -1.23. The molecule has 0 aromatic carbocycles. The van der Waals surface area contributed by atoms with Crippen molar-refractivity contribution in [3.63, 3.8) is 0 Å². The van der Waals surface area contributed by atoms with Gasteiger partial charge >= 0.3 is 0 Å². The van der Waals surface area contributed by atoms with E-state index in [0.29, 0.717) is 12.1 Å². The predicted molar refractivity (Wildman–Crippen MR) is 88.7 cm³/mol. The van der Waals surface area contributed by atoms with Crippen LogP contribution >= 0.6 is 22.7 Å². The molecule has 0 aliphatic carbocycles. The molecule has 0 radical (unpaired) electrons. The lowest BCUT2D eigenvalue weighted by Gasteiger charge is -2.20. The van der Waals surface area contributed by atoms with Crippen LogP contribution in [-0.2, 0) is 6.42 Å². The summed E-state index contributed by atoms with van der Waals surface area (Å²) in [5, 5.41) is 10.1. The fourth-order valence-corrected chi connectivity index (χ4v) is 3.91. The smallest absolute Gasteiger partial charge is 0.0809 e. The summed E-state index contributed by atoms with van der Waals surface area (Å²) in [6.07, 6.45) is 3.06. The van der Waals surface area contributed by atoms with E-state index < -0.39 is 0 Å². The number of aromatic nitrogens is 1. The van der Waals surface area contributed by atoms with E-state index in [4.69, 9.17) is 0 Å². The molecule has 3 heterocycles. The van der Waals surface area contributed by atoms with Crippen molar-refractivity contribution in [2.75, 3.05) is 0 Å². The summed E-state index contributed by atoms with van der Waals surface area (Å²) >= 11 is 3.52. The van der Waals surface area contributed by atoms with E-state index in [-0.39, 0.29) is 0 Å². The van der Waals surface area contributed by atoms with Crippen molar-refractivity contribution in [1.29, 1.82) is 0 Å². The lowest BCUT2D eigenvalue weighted by Crippen LogP contribution is -2.30. The largest absolute Gasteiger partial charge is 0.307 e. The third-order valence-electron chi connectivity index (χ3n) is 3.48. The van der Waals surface area contributed by atoms with Gasteiger partial charge in [-0.15, -0.1) is 11.3 Å². The molecular formula is C16H18N2S2. The third-order valence-corrected chi connectivity index (χ3v) is 5.07. The summed E-state index contributed by atoms with van der Waals surface area (Å²) in [5.41, 5.74) is 3.77. The monoisotopic (exact) mass is 302 g/mol. The minimum absolute atomic E-state index is 0.322. The van der Waals surface area contributed by atoms with Crippen LogP contribution in [0.5, 0.6) is 0 Å².